The number of piperidine rings is 2. The third kappa shape index (κ3) is 9.80. The number of nitrogens with one attached hydrogen (secondary N) is 3. The predicted molar refractivity (Wildman–Crippen MR) is 229 cm³/mol. The van der Waals surface area contributed by atoms with Gasteiger partial charge in [0.05, 0.1) is 11.9 Å². The Morgan fingerprint density at radius 2 is 1.45 bits per heavy atom. The summed E-state index contributed by atoms with van der Waals surface area (Å²) in [7, 11) is 1.70. The lowest BCUT2D eigenvalue weighted by Crippen LogP contribution is -2.71. The highest BCUT2D eigenvalue weighted by Gasteiger charge is 2.52. The van der Waals surface area contributed by atoms with Gasteiger partial charge in [0.1, 0.15) is 24.2 Å². The van der Waals surface area contributed by atoms with Gasteiger partial charge in [-0.2, -0.15) is 0 Å². The van der Waals surface area contributed by atoms with Gasteiger partial charge >= 0.3 is 0 Å². The minimum absolute atomic E-state index is 0.00386. The molecule has 4 aliphatic rings. The van der Waals surface area contributed by atoms with Crippen molar-refractivity contribution in [3.8, 4) is 0 Å². The lowest BCUT2D eigenvalue weighted by Gasteiger charge is -2.53. The highest BCUT2D eigenvalue weighted by molar-refractivity contribution is 6.01. The highest BCUT2D eigenvalue weighted by atomic mass is 16.2. The van der Waals surface area contributed by atoms with Gasteiger partial charge in [0.2, 0.25) is 35.4 Å². The standard InChI is InChI=1S/C48H58N6O6/c1-3-4-5-6-13-22-43(56)53-31-35(37-20-14-15-21-41(37)53)28-38(49-42(55)29-40-48(60)54-36-25-23-34(24-26-36)44(54)46(58)51-40)45(57)50-39(27-32-16-9-7-10-17-32)47(59)52(2)30-33-18-11-8-12-19-33/h7-12,14-21,31,34,36,38-40,44H,3-6,13,22-30H2,1-2H3,(H,49,55)(H,50,57)(H,51,58)/t34?,36?,38-,39+,40+,44+/m1/s1. The SMILES string of the molecule is CCCCCCCC(=O)n1cc(C[C@@H](NC(=O)C[C@@H]2NC(=O)[C@@H]3C4CCC(CC4)N3C2=O)C(=O)N[C@@H](Cc2ccccc2)C(=O)N(C)Cc2ccccc2)c2ccccc21. The number of hydrogen-bond acceptors (Lipinski definition) is 6. The summed E-state index contributed by atoms with van der Waals surface area (Å²) in [6.45, 7) is 2.48. The van der Waals surface area contributed by atoms with Crippen LogP contribution in [0.3, 0.4) is 0 Å². The van der Waals surface area contributed by atoms with Crippen molar-refractivity contribution in [1.29, 1.82) is 0 Å². The van der Waals surface area contributed by atoms with Gasteiger partial charge in [0.25, 0.3) is 0 Å². The summed E-state index contributed by atoms with van der Waals surface area (Å²) in [6.07, 6.45) is 10.6. The number of amides is 5. The van der Waals surface area contributed by atoms with Crippen molar-refractivity contribution in [2.75, 3.05) is 7.05 Å². The zero-order valence-corrected chi connectivity index (χ0v) is 34.8. The van der Waals surface area contributed by atoms with Crippen LogP contribution in [-0.4, -0.2) is 87.1 Å². The Morgan fingerprint density at radius 1 is 0.783 bits per heavy atom. The number of nitrogens with zero attached hydrogens (tertiary/aromatic N) is 3. The van der Waals surface area contributed by atoms with E-state index < -0.39 is 36.0 Å². The van der Waals surface area contributed by atoms with E-state index in [1.807, 2.05) is 84.9 Å². The molecule has 60 heavy (non-hydrogen) atoms. The van der Waals surface area contributed by atoms with E-state index in [2.05, 4.69) is 22.9 Å². The van der Waals surface area contributed by atoms with Crippen LogP contribution in [0.15, 0.2) is 91.1 Å². The van der Waals surface area contributed by atoms with Crippen LogP contribution in [-0.2, 0) is 43.4 Å². The number of aromatic nitrogens is 1. The third-order valence-corrected chi connectivity index (χ3v) is 12.6. The fraction of sp³-hybridized carbons (Fsp3) is 0.458. The molecule has 8 rings (SSSR count). The Balaban J connectivity index is 1.15. The Morgan fingerprint density at radius 3 is 2.17 bits per heavy atom. The second-order valence-corrected chi connectivity index (χ2v) is 16.9. The van der Waals surface area contributed by atoms with Crippen molar-refractivity contribution in [1.82, 2.24) is 30.3 Å². The molecule has 3 aromatic carbocycles. The average Bonchev–Trinajstić information content (AvgIpc) is 3.63. The fourth-order valence-electron chi connectivity index (χ4n) is 9.45. The number of piperazine rings is 1. The van der Waals surface area contributed by atoms with E-state index in [0.29, 0.717) is 24.0 Å². The molecule has 4 heterocycles. The molecule has 4 aromatic rings. The van der Waals surface area contributed by atoms with Crippen LogP contribution in [0.5, 0.6) is 0 Å². The number of hydrogen-bond donors (Lipinski definition) is 3. The van der Waals surface area contributed by atoms with Gasteiger partial charge in [-0.3, -0.25) is 33.3 Å². The second-order valence-electron chi connectivity index (χ2n) is 16.9. The molecular weight excluding hydrogens is 757 g/mol. The number of likely N-dealkylation sites (N-methyl/N-ethyl adjacent to an activating group) is 1. The molecule has 1 aliphatic carbocycles. The fourth-order valence-corrected chi connectivity index (χ4v) is 9.45. The summed E-state index contributed by atoms with van der Waals surface area (Å²) in [5, 5.41) is 9.48. The molecule has 3 aliphatic heterocycles. The molecule has 1 saturated carbocycles. The lowest BCUT2D eigenvalue weighted by molar-refractivity contribution is -0.163. The van der Waals surface area contributed by atoms with Gasteiger partial charge in [-0.1, -0.05) is 111 Å². The van der Waals surface area contributed by atoms with Crippen LogP contribution in [0.2, 0.25) is 0 Å². The largest absolute Gasteiger partial charge is 0.344 e. The van der Waals surface area contributed by atoms with E-state index in [4.69, 9.17) is 0 Å². The number of unbranched alkanes of at least 4 members (excludes halogenated alkanes) is 4. The van der Waals surface area contributed by atoms with Crippen molar-refractivity contribution >= 4 is 46.3 Å². The molecule has 2 bridgehead atoms. The van der Waals surface area contributed by atoms with Crippen LogP contribution >= 0.6 is 0 Å². The molecule has 5 amide bonds. The number of carbonyl (C=O) groups excluding carboxylic acids is 6. The van der Waals surface area contributed by atoms with Gasteiger partial charge in [-0.25, -0.2) is 0 Å². The Labute approximate surface area is 352 Å². The van der Waals surface area contributed by atoms with E-state index in [9.17, 15) is 28.8 Å². The molecule has 0 unspecified atom stereocenters. The lowest BCUT2D eigenvalue weighted by atomic mass is 9.73. The number of carbonyl (C=O) groups is 6. The van der Waals surface area contributed by atoms with Crippen molar-refractivity contribution < 1.29 is 28.8 Å². The minimum Gasteiger partial charge on any atom is -0.344 e. The molecular formula is C48H58N6O6. The van der Waals surface area contributed by atoms with Gasteiger partial charge < -0.3 is 25.8 Å². The van der Waals surface area contributed by atoms with E-state index in [0.717, 1.165) is 74.3 Å². The number of para-hydroxylation sites is 1. The third-order valence-electron chi connectivity index (χ3n) is 12.6. The van der Waals surface area contributed by atoms with Crippen LogP contribution < -0.4 is 16.0 Å². The predicted octanol–water partition coefficient (Wildman–Crippen LogP) is 5.71. The quantitative estimate of drug-likeness (QED) is 0.110. The molecule has 3 N–H and O–H groups in total. The topological polar surface area (TPSA) is 150 Å². The van der Waals surface area contributed by atoms with Crippen molar-refractivity contribution in [2.24, 2.45) is 5.92 Å². The number of benzene rings is 3. The summed E-state index contributed by atoms with van der Waals surface area (Å²) in [4.78, 5) is 87.0. The van der Waals surface area contributed by atoms with Crippen LogP contribution in [0.4, 0.5) is 0 Å². The van der Waals surface area contributed by atoms with Crippen molar-refractivity contribution in [3.63, 3.8) is 0 Å². The summed E-state index contributed by atoms with van der Waals surface area (Å²) in [5.41, 5.74) is 3.16. The zero-order chi connectivity index (χ0) is 42.2. The zero-order valence-electron chi connectivity index (χ0n) is 34.8. The van der Waals surface area contributed by atoms with E-state index in [1.165, 1.54) is 0 Å². The Kier molecular flexibility index (Phi) is 13.8. The van der Waals surface area contributed by atoms with Crippen molar-refractivity contribution in [2.45, 2.75) is 127 Å². The van der Waals surface area contributed by atoms with Gasteiger partial charge in [0.15, 0.2) is 0 Å². The number of fused-ring (bicyclic) bond motifs is 3. The molecule has 0 radical (unpaired) electrons. The molecule has 12 heteroatoms. The second kappa shape index (κ2) is 19.5. The average molecular weight is 815 g/mol. The molecule has 4 atom stereocenters. The van der Waals surface area contributed by atoms with Gasteiger partial charge in [-0.05, 0) is 60.8 Å². The molecule has 12 nitrogen and oxygen atoms in total. The highest BCUT2D eigenvalue weighted by Crippen LogP contribution is 2.41. The monoisotopic (exact) mass is 814 g/mol. The van der Waals surface area contributed by atoms with Crippen LogP contribution in [0.1, 0.15) is 99.0 Å². The maximum Gasteiger partial charge on any atom is 0.246 e. The number of rotatable bonds is 18. The molecule has 316 valence electrons. The Bertz CT molecular complexity index is 2160. The Hall–Kier alpha value is -5.78. The maximum absolute atomic E-state index is 14.6. The smallest absolute Gasteiger partial charge is 0.246 e. The first-order chi connectivity index (χ1) is 29.1. The van der Waals surface area contributed by atoms with Crippen LogP contribution in [0.25, 0.3) is 10.9 Å². The summed E-state index contributed by atoms with van der Waals surface area (Å²) >= 11 is 0. The molecule has 4 fully saturated rings. The summed E-state index contributed by atoms with van der Waals surface area (Å²) < 4.78 is 1.64. The van der Waals surface area contributed by atoms with Crippen molar-refractivity contribution in [3.05, 3.63) is 108 Å². The van der Waals surface area contributed by atoms with E-state index in [-0.39, 0.29) is 54.9 Å². The summed E-state index contributed by atoms with van der Waals surface area (Å²) in [6, 6.07) is 22.8. The van der Waals surface area contributed by atoms with Gasteiger partial charge in [-0.15, -0.1) is 0 Å². The minimum atomic E-state index is -1.19. The first-order valence-electron chi connectivity index (χ1n) is 21.8. The van der Waals surface area contributed by atoms with Gasteiger partial charge in [0, 0.05) is 50.5 Å². The van der Waals surface area contributed by atoms with E-state index in [1.54, 1.807) is 27.6 Å². The van der Waals surface area contributed by atoms with Crippen LogP contribution in [0, 0.1) is 5.92 Å². The first kappa shape index (κ1) is 42.3. The molecule has 1 aromatic heterocycles. The normalized spacial score (nSPS) is 20.5. The summed E-state index contributed by atoms with van der Waals surface area (Å²) in [5.74, 6) is -1.91. The van der Waals surface area contributed by atoms with E-state index >= 15 is 0 Å². The molecule has 3 saturated heterocycles. The molecule has 0 spiro atoms. The first-order valence-corrected chi connectivity index (χ1v) is 21.8. The maximum atomic E-state index is 14.6.